The van der Waals surface area contributed by atoms with E-state index in [-0.39, 0.29) is 6.04 Å². The summed E-state index contributed by atoms with van der Waals surface area (Å²) in [6.45, 7) is 4.12. The predicted molar refractivity (Wildman–Crippen MR) is 63.1 cm³/mol. The van der Waals surface area contributed by atoms with Gasteiger partial charge in [0, 0.05) is 16.1 Å². The van der Waals surface area contributed by atoms with Gasteiger partial charge in [0.05, 0.1) is 0 Å². The summed E-state index contributed by atoms with van der Waals surface area (Å²) in [5.41, 5.74) is 8.18. The Bertz CT molecular complexity index is 323. The SMILES string of the molecule is CCc1c(Cl)cc(Cl)cc1[C@@H](N)CC. The number of benzene rings is 1. The highest BCUT2D eigenvalue weighted by Crippen LogP contribution is 2.29. The van der Waals surface area contributed by atoms with E-state index in [1.807, 2.05) is 6.07 Å². The molecular weight excluding hydrogens is 217 g/mol. The van der Waals surface area contributed by atoms with Gasteiger partial charge in [-0.2, -0.15) is 0 Å². The fourth-order valence-corrected chi connectivity index (χ4v) is 2.19. The van der Waals surface area contributed by atoms with E-state index in [1.54, 1.807) is 6.07 Å². The Morgan fingerprint density at radius 2 is 1.93 bits per heavy atom. The van der Waals surface area contributed by atoms with Crippen molar-refractivity contribution in [2.45, 2.75) is 32.7 Å². The molecule has 1 aromatic carbocycles. The quantitative estimate of drug-likeness (QED) is 0.838. The van der Waals surface area contributed by atoms with Gasteiger partial charge in [-0.05, 0) is 36.1 Å². The third kappa shape index (κ3) is 2.41. The third-order valence-electron chi connectivity index (χ3n) is 2.39. The van der Waals surface area contributed by atoms with Crippen LogP contribution in [0.2, 0.25) is 10.0 Å². The van der Waals surface area contributed by atoms with Crippen LogP contribution in [0.15, 0.2) is 12.1 Å². The molecule has 0 fully saturated rings. The van der Waals surface area contributed by atoms with Crippen molar-refractivity contribution in [1.29, 1.82) is 0 Å². The monoisotopic (exact) mass is 231 g/mol. The third-order valence-corrected chi connectivity index (χ3v) is 2.94. The van der Waals surface area contributed by atoms with Crippen LogP contribution in [0.3, 0.4) is 0 Å². The lowest BCUT2D eigenvalue weighted by Crippen LogP contribution is -2.11. The summed E-state index contributed by atoms with van der Waals surface area (Å²) >= 11 is 12.0. The van der Waals surface area contributed by atoms with Gasteiger partial charge in [-0.1, -0.05) is 37.0 Å². The maximum Gasteiger partial charge on any atom is 0.0456 e. The summed E-state index contributed by atoms with van der Waals surface area (Å²) < 4.78 is 0. The van der Waals surface area contributed by atoms with Gasteiger partial charge in [-0.15, -0.1) is 0 Å². The molecule has 0 aliphatic rings. The fraction of sp³-hybridized carbons (Fsp3) is 0.455. The number of halogens is 2. The topological polar surface area (TPSA) is 26.0 Å². The smallest absolute Gasteiger partial charge is 0.0456 e. The van der Waals surface area contributed by atoms with Gasteiger partial charge in [0.2, 0.25) is 0 Å². The molecule has 0 saturated heterocycles. The van der Waals surface area contributed by atoms with Crippen molar-refractivity contribution in [3.05, 3.63) is 33.3 Å². The highest BCUT2D eigenvalue weighted by Gasteiger charge is 2.12. The number of hydrogen-bond donors (Lipinski definition) is 1. The number of nitrogens with two attached hydrogens (primary N) is 1. The van der Waals surface area contributed by atoms with Crippen LogP contribution in [0.5, 0.6) is 0 Å². The molecular formula is C11H15Cl2N. The molecule has 0 aliphatic heterocycles. The Morgan fingerprint density at radius 1 is 1.29 bits per heavy atom. The van der Waals surface area contributed by atoms with Crippen molar-refractivity contribution in [3.63, 3.8) is 0 Å². The largest absolute Gasteiger partial charge is 0.324 e. The van der Waals surface area contributed by atoms with Crippen LogP contribution in [0.25, 0.3) is 0 Å². The Morgan fingerprint density at radius 3 is 2.43 bits per heavy atom. The first-order valence-electron chi connectivity index (χ1n) is 4.83. The minimum atomic E-state index is 0.0288. The molecule has 0 spiro atoms. The normalized spacial score (nSPS) is 12.9. The first-order chi connectivity index (χ1) is 6.60. The van der Waals surface area contributed by atoms with Gasteiger partial charge in [0.15, 0.2) is 0 Å². The second kappa shape index (κ2) is 5.01. The van der Waals surface area contributed by atoms with Crippen LogP contribution < -0.4 is 5.73 Å². The average Bonchev–Trinajstić information content (AvgIpc) is 2.15. The minimum Gasteiger partial charge on any atom is -0.324 e. The number of hydrogen-bond acceptors (Lipinski definition) is 1. The Kier molecular flexibility index (Phi) is 4.24. The first kappa shape index (κ1) is 11.8. The van der Waals surface area contributed by atoms with E-state index in [0.29, 0.717) is 5.02 Å². The number of rotatable bonds is 3. The molecule has 0 aromatic heterocycles. The van der Waals surface area contributed by atoms with Crippen molar-refractivity contribution in [2.75, 3.05) is 0 Å². The molecule has 14 heavy (non-hydrogen) atoms. The lowest BCUT2D eigenvalue weighted by atomic mass is 9.97. The second-order valence-corrected chi connectivity index (χ2v) is 4.17. The predicted octanol–water partition coefficient (Wildman–Crippen LogP) is 3.97. The molecule has 0 unspecified atom stereocenters. The fourth-order valence-electron chi connectivity index (χ4n) is 1.55. The van der Waals surface area contributed by atoms with Gasteiger partial charge >= 0.3 is 0 Å². The van der Waals surface area contributed by atoms with Crippen molar-refractivity contribution in [2.24, 2.45) is 5.73 Å². The molecule has 0 aliphatic carbocycles. The molecule has 1 rings (SSSR count). The van der Waals surface area contributed by atoms with E-state index < -0.39 is 0 Å². The van der Waals surface area contributed by atoms with Crippen LogP contribution in [0, 0.1) is 0 Å². The van der Waals surface area contributed by atoms with Crippen LogP contribution in [0.4, 0.5) is 0 Å². The van der Waals surface area contributed by atoms with E-state index in [2.05, 4.69) is 13.8 Å². The highest BCUT2D eigenvalue weighted by molar-refractivity contribution is 6.35. The summed E-state index contributed by atoms with van der Waals surface area (Å²) in [5.74, 6) is 0. The molecule has 1 aromatic rings. The lowest BCUT2D eigenvalue weighted by Gasteiger charge is -2.15. The van der Waals surface area contributed by atoms with Crippen molar-refractivity contribution >= 4 is 23.2 Å². The molecule has 0 saturated carbocycles. The van der Waals surface area contributed by atoms with E-state index in [9.17, 15) is 0 Å². The van der Waals surface area contributed by atoms with Gasteiger partial charge in [-0.3, -0.25) is 0 Å². The van der Waals surface area contributed by atoms with Crippen molar-refractivity contribution < 1.29 is 0 Å². The summed E-state index contributed by atoms with van der Waals surface area (Å²) in [5, 5.41) is 1.38. The Labute approximate surface area is 95.2 Å². The van der Waals surface area contributed by atoms with Crippen molar-refractivity contribution in [1.82, 2.24) is 0 Å². The second-order valence-electron chi connectivity index (χ2n) is 3.32. The molecule has 1 atom stereocenters. The van der Waals surface area contributed by atoms with Gasteiger partial charge in [0.1, 0.15) is 0 Å². The van der Waals surface area contributed by atoms with Crippen LogP contribution in [-0.2, 0) is 6.42 Å². The standard InChI is InChI=1S/C11H15Cl2N/c1-3-8-9(11(14)4-2)5-7(12)6-10(8)13/h5-6,11H,3-4,14H2,1-2H3/t11-/m0/s1. The van der Waals surface area contributed by atoms with E-state index in [4.69, 9.17) is 28.9 Å². The zero-order chi connectivity index (χ0) is 10.7. The lowest BCUT2D eigenvalue weighted by molar-refractivity contribution is 0.690. The summed E-state index contributed by atoms with van der Waals surface area (Å²) in [4.78, 5) is 0. The highest BCUT2D eigenvalue weighted by atomic mass is 35.5. The van der Waals surface area contributed by atoms with Crippen LogP contribution in [0.1, 0.15) is 37.4 Å². The molecule has 78 valence electrons. The molecule has 2 N–H and O–H groups in total. The average molecular weight is 232 g/mol. The van der Waals surface area contributed by atoms with E-state index >= 15 is 0 Å². The molecule has 3 heteroatoms. The van der Waals surface area contributed by atoms with Crippen LogP contribution in [-0.4, -0.2) is 0 Å². The zero-order valence-electron chi connectivity index (χ0n) is 8.48. The van der Waals surface area contributed by atoms with Crippen LogP contribution >= 0.6 is 23.2 Å². The van der Waals surface area contributed by atoms with Gasteiger partial charge in [-0.25, -0.2) is 0 Å². The molecule has 0 heterocycles. The Balaban J connectivity index is 3.24. The maximum absolute atomic E-state index is 6.10. The minimum absolute atomic E-state index is 0.0288. The molecule has 0 amide bonds. The molecule has 0 bridgehead atoms. The summed E-state index contributed by atoms with van der Waals surface area (Å²) in [6, 6.07) is 3.72. The Hall–Kier alpha value is -0.240. The van der Waals surface area contributed by atoms with Gasteiger partial charge in [0.25, 0.3) is 0 Å². The van der Waals surface area contributed by atoms with E-state index in [0.717, 1.165) is 29.0 Å². The van der Waals surface area contributed by atoms with Gasteiger partial charge < -0.3 is 5.73 Å². The van der Waals surface area contributed by atoms with Crippen molar-refractivity contribution in [3.8, 4) is 0 Å². The maximum atomic E-state index is 6.10. The van der Waals surface area contributed by atoms with E-state index in [1.165, 1.54) is 0 Å². The first-order valence-corrected chi connectivity index (χ1v) is 5.59. The molecule has 1 nitrogen and oxygen atoms in total. The zero-order valence-corrected chi connectivity index (χ0v) is 9.99. The summed E-state index contributed by atoms with van der Waals surface area (Å²) in [6.07, 6.45) is 1.78. The summed E-state index contributed by atoms with van der Waals surface area (Å²) in [7, 11) is 0. The molecule has 0 radical (unpaired) electrons.